The fourth-order valence-corrected chi connectivity index (χ4v) is 2.93. The summed E-state index contributed by atoms with van der Waals surface area (Å²) in [6.45, 7) is 5.72. The van der Waals surface area contributed by atoms with Crippen LogP contribution in [0.25, 0.3) is 0 Å². The molecule has 2 aliphatic rings. The van der Waals surface area contributed by atoms with Crippen LogP contribution in [0, 0.1) is 0 Å². The molecule has 3 rings (SSSR count). The lowest BCUT2D eigenvalue weighted by atomic mass is 9.87. The van der Waals surface area contributed by atoms with Crippen LogP contribution < -0.4 is 5.56 Å². The minimum absolute atomic E-state index is 0.0245. The summed E-state index contributed by atoms with van der Waals surface area (Å²) in [6, 6.07) is 0. The summed E-state index contributed by atoms with van der Waals surface area (Å²) < 4.78 is 5.61. The van der Waals surface area contributed by atoms with Gasteiger partial charge in [0.25, 0.3) is 5.56 Å². The monoisotopic (exact) mass is 287 g/mol. The zero-order valence-corrected chi connectivity index (χ0v) is 12.8. The topological polar surface area (TPSA) is 58.2 Å². The second-order valence-corrected chi connectivity index (χ2v) is 5.92. The third-order valence-corrected chi connectivity index (χ3v) is 4.72. The van der Waals surface area contributed by atoms with E-state index < -0.39 is 0 Å². The molecule has 0 amide bonds. The van der Waals surface area contributed by atoms with Crippen molar-refractivity contribution in [3.05, 3.63) is 51.4 Å². The van der Waals surface area contributed by atoms with E-state index in [1.54, 1.807) is 7.11 Å². The molecule has 5 nitrogen and oxygen atoms in total. The summed E-state index contributed by atoms with van der Waals surface area (Å²) >= 11 is 0. The molecule has 1 aliphatic carbocycles. The van der Waals surface area contributed by atoms with Gasteiger partial charge in [0, 0.05) is 32.2 Å². The third kappa shape index (κ3) is 2.42. The quantitative estimate of drug-likeness (QED) is 0.900. The molecule has 0 saturated carbocycles. The average Bonchev–Trinajstić information content (AvgIpc) is 2.50. The number of aromatic nitrogens is 2. The molecule has 0 bridgehead atoms. The molecule has 1 aromatic heterocycles. The minimum Gasteiger partial charge on any atom is -0.374 e. The zero-order chi connectivity index (χ0) is 15.0. The summed E-state index contributed by atoms with van der Waals surface area (Å²) in [5.74, 6) is 0. The molecule has 1 aromatic rings. The van der Waals surface area contributed by atoms with Gasteiger partial charge in [-0.15, -0.1) is 0 Å². The van der Waals surface area contributed by atoms with Gasteiger partial charge in [0.05, 0.1) is 29.7 Å². The number of methoxy groups -OCH3 is 1. The number of nitrogens with zero attached hydrogens (tertiary/aromatic N) is 2. The number of rotatable bonds is 2. The largest absolute Gasteiger partial charge is 0.374 e. The van der Waals surface area contributed by atoms with E-state index in [1.807, 2.05) is 0 Å². The molecule has 1 atom stereocenters. The fraction of sp³-hybridized carbons (Fsp3) is 0.500. The summed E-state index contributed by atoms with van der Waals surface area (Å²) in [7, 11) is 1.75. The van der Waals surface area contributed by atoms with Gasteiger partial charge in [-0.1, -0.05) is 6.08 Å². The zero-order valence-electron chi connectivity index (χ0n) is 12.8. The van der Waals surface area contributed by atoms with E-state index in [0.29, 0.717) is 6.54 Å². The number of nitrogens with one attached hydrogen (secondary N) is 1. The normalized spacial score (nSPS) is 25.2. The van der Waals surface area contributed by atoms with Gasteiger partial charge in [0.1, 0.15) is 0 Å². The van der Waals surface area contributed by atoms with E-state index in [2.05, 4.69) is 40.9 Å². The Morgan fingerprint density at radius 2 is 2.29 bits per heavy atom. The van der Waals surface area contributed by atoms with Gasteiger partial charge in [-0.25, -0.2) is 4.98 Å². The molecule has 2 heterocycles. The smallest absolute Gasteiger partial charge is 0.255 e. The Labute approximate surface area is 124 Å². The predicted molar refractivity (Wildman–Crippen MR) is 80.8 cm³/mol. The van der Waals surface area contributed by atoms with Crippen LogP contribution in [0.3, 0.4) is 0 Å². The molecule has 0 radical (unpaired) electrons. The first-order valence-electron chi connectivity index (χ1n) is 7.28. The molecule has 1 aliphatic heterocycles. The molecule has 112 valence electrons. The van der Waals surface area contributed by atoms with Crippen LogP contribution >= 0.6 is 0 Å². The highest BCUT2D eigenvalue weighted by atomic mass is 16.5. The summed E-state index contributed by atoms with van der Waals surface area (Å²) in [4.78, 5) is 21.1. The van der Waals surface area contributed by atoms with Crippen molar-refractivity contribution < 1.29 is 4.74 Å². The van der Waals surface area contributed by atoms with E-state index in [4.69, 9.17) is 4.74 Å². The number of hydrogen-bond acceptors (Lipinski definition) is 4. The number of allylic oxidation sites excluding steroid dienone is 1. The number of H-pyrrole nitrogens is 1. The van der Waals surface area contributed by atoms with Gasteiger partial charge in [0.2, 0.25) is 0 Å². The van der Waals surface area contributed by atoms with Crippen LogP contribution in [0.5, 0.6) is 0 Å². The molecule has 0 aromatic carbocycles. The first kappa shape index (κ1) is 14.1. The van der Waals surface area contributed by atoms with Crippen molar-refractivity contribution in [1.82, 2.24) is 14.9 Å². The summed E-state index contributed by atoms with van der Waals surface area (Å²) in [5.41, 5.74) is 3.87. The molecule has 0 saturated heterocycles. The van der Waals surface area contributed by atoms with Gasteiger partial charge >= 0.3 is 0 Å². The summed E-state index contributed by atoms with van der Waals surface area (Å²) in [6.07, 6.45) is 7.53. The Bertz CT molecular complexity index is 674. The lowest BCUT2D eigenvalue weighted by molar-refractivity contribution is 0.0386. The van der Waals surface area contributed by atoms with E-state index >= 15 is 0 Å². The van der Waals surface area contributed by atoms with Crippen molar-refractivity contribution in [3.63, 3.8) is 0 Å². The van der Waals surface area contributed by atoms with Crippen LogP contribution in [-0.2, 0) is 17.7 Å². The van der Waals surface area contributed by atoms with E-state index in [0.717, 1.165) is 30.6 Å². The molecular formula is C16H21N3O2. The van der Waals surface area contributed by atoms with Gasteiger partial charge in [0.15, 0.2) is 0 Å². The van der Waals surface area contributed by atoms with E-state index in [-0.39, 0.29) is 11.2 Å². The van der Waals surface area contributed by atoms with Crippen molar-refractivity contribution >= 4 is 0 Å². The Hall–Kier alpha value is -1.88. The number of ether oxygens (including phenoxy) is 1. The van der Waals surface area contributed by atoms with Crippen molar-refractivity contribution in [2.24, 2.45) is 0 Å². The molecule has 0 fully saturated rings. The molecule has 5 heteroatoms. The Morgan fingerprint density at radius 3 is 3.00 bits per heavy atom. The first-order valence-corrected chi connectivity index (χ1v) is 7.28. The third-order valence-electron chi connectivity index (χ3n) is 4.72. The van der Waals surface area contributed by atoms with Gasteiger partial charge in [-0.05, 0) is 25.5 Å². The van der Waals surface area contributed by atoms with Crippen LogP contribution in [-0.4, -0.2) is 34.1 Å². The molecular weight excluding hydrogens is 266 g/mol. The molecule has 21 heavy (non-hydrogen) atoms. The van der Waals surface area contributed by atoms with Crippen LogP contribution in [0.1, 0.15) is 31.5 Å². The maximum Gasteiger partial charge on any atom is 0.255 e. The number of hydrogen-bond donors (Lipinski definition) is 1. The van der Waals surface area contributed by atoms with Gasteiger partial charge in [-0.3, -0.25) is 4.79 Å². The first-order chi connectivity index (χ1) is 10.0. The fourth-order valence-electron chi connectivity index (χ4n) is 2.93. The van der Waals surface area contributed by atoms with E-state index in [9.17, 15) is 4.79 Å². The Kier molecular flexibility index (Phi) is 3.45. The maximum absolute atomic E-state index is 11.9. The average molecular weight is 287 g/mol. The van der Waals surface area contributed by atoms with Crippen LogP contribution in [0.2, 0.25) is 0 Å². The highest BCUT2D eigenvalue weighted by Crippen LogP contribution is 2.32. The lowest BCUT2D eigenvalue weighted by Gasteiger charge is -2.36. The minimum atomic E-state index is -0.212. The van der Waals surface area contributed by atoms with Crippen molar-refractivity contribution in [1.29, 1.82) is 0 Å². The van der Waals surface area contributed by atoms with Crippen molar-refractivity contribution in [2.75, 3.05) is 13.7 Å². The maximum atomic E-state index is 11.9. The predicted octanol–water partition coefficient (Wildman–Crippen LogP) is 1.77. The lowest BCUT2D eigenvalue weighted by Crippen LogP contribution is -2.37. The number of aromatic amines is 1. The second kappa shape index (κ2) is 5.15. The van der Waals surface area contributed by atoms with Crippen molar-refractivity contribution in [2.45, 2.75) is 38.8 Å². The summed E-state index contributed by atoms with van der Waals surface area (Å²) in [5, 5.41) is 0. The van der Waals surface area contributed by atoms with Crippen LogP contribution in [0.15, 0.2) is 34.5 Å². The standard InChI is InChI=1S/C16H21N3O2/c1-11-8-12(4-6-16(11,2)21-3)19-7-5-14-13(9-19)15(20)18-10-17-14/h4,8,10H,5-7,9H2,1-3H3,(H,17,18,20). The molecule has 1 unspecified atom stereocenters. The van der Waals surface area contributed by atoms with Gasteiger partial charge in [-0.2, -0.15) is 0 Å². The Balaban J connectivity index is 1.85. The molecule has 0 spiro atoms. The molecule has 1 N–H and O–H groups in total. The highest BCUT2D eigenvalue weighted by molar-refractivity contribution is 5.34. The SMILES string of the molecule is COC1(C)CC=C(N2CCc3nc[nH]c(=O)c3C2)C=C1C. The highest BCUT2D eigenvalue weighted by Gasteiger charge is 2.30. The van der Waals surface area contributed by atoms with Crippen LogP contribution in [0.4, 0.5) is 0 Å². The Morgan fingerprint density at radius 1 is 1.48 bits per heavy atom. The number of fused-ring (bicyclic) bond motifs is 1. The van der Waals surface area contributed by atoms with Crippen molar-refractivity contribution in [3.8, 4) is 0 Å². The van der Waals surface area contributed by atoms with E-state index in [1.165, 1.54) is 17.6 Å². The second-order valence-electron chi connectivity index (χ2n) is 5.92. The van der Waals surface area contributed by atoms with Gasteiger partial charge < -0.3 is 14.6 Å².